The lowest BCUT2D eigenvalue weighted by Gasteiger charge is -2.32. The number of piperidine rings is 1. The van der Waals surface area contributed by atoms with Gasteiger partial charge in [-0.25, -0.2) is 9.18 Å². The summed E-state index contributed by atoms with van der Waals surface area (Å²) in [6.07, 6.45) is 1.22. The molecule has 0 aromatic heterocycles. The van der Waals surface area contributed by atoms with Crippen LogP contribution in [-0.4, -0.2) is 36.7 Å². The van der Waals surface area contributed by atoms with Crippen LogP contribution in [0.2, 0.25) is 5.02 Å². The number of nitrogen functional groups attached to an aromatic ring is 1. The van der Waals surface area contributed by atoms with Gasteiger partial charge in [0.05, 0.1) is 23.0 Å². The van der Waals surface area contributed by atoms with E-state index in [-0.39, 0.29) is 17.2 Å². The number of benzene rings is 1. The van der Waals surface area contributed by atoms with Gasteiger partial charge in [-0.2, -0.15) is 0 Å². The lowest BCUT2D eigenvalue weighted by atomic mass is 10.0. The lowest BCUT2D eigenvalue weighted by molar-refractivity contribution is 0.0983. The van der Waals surface area contributed by atoms with Crippen LogP contribution in [0.15, 0.2) is 12.1 Å². The molecule has 1 amide bonds. The molecule has 0 bridgehead atoms. The first-order valence-electron chi connectivity index (χ1n) is 6.94. The van der Waals surface area contributed by atoms with Crippen LogP contribution in [0.1, 0.15) is 19.8 Å². The highest BCUT2D eigenvalue weighted by Gasteiger charge is 2.24. The fraction of sp³-hybridized carbons (Fsp3) is 0.500. The van der Waals surface area contributed by atoms with Crippen molar-refractivity contribution in [1.29, 1.82) is 0 Å². The normalized spacial score (nSPS) is 15.9. The number of carbonyl (C=O) groups is 1. The molecule has 1 fully saturated rings. The smallest absolute Gasteiger partial charge is 0.409 e. The Labute approximate surface area is 128 Å². The first kappa shape index (κ1) is 15.7. The van der Waals surface area contributed by atoms with Crippen molar-refractivity contribution in [1.82, 2.24) is 4.90 Å². The molecule has 1 aromatic carbocycles. The second-order valence-electron chi connectivity index (χ2n) is 4.96. The van der Waals surface area contributed by atoms with E-state index in [1.54, 1.807) is 11.8 Å². The predicted molar refractivity (Wildman–Crippen MR) is 81.1 cm³/mol. The molecule has 0 spiro atoms. The van der Waals surface area contributed by atoms with E-state index in [0.717, 1.165) is 12.8 Å². The number of nitrogens with one attached hydrogen (secondary N) is 1. The number of halogens is 2. The van der Waals surface area contributed by atoms with Gasteiger partial charge in [0.1, 0.15) is 5.82 Å². The number of likely N-dealkylation sites (tertiary alicyclic amines) is 1. The number of rotatable bonds is 3. The number of hydrogen-bond acceptors (Lipinski definition) is 4. The van der Waals surface area contributed by atoms with Gasteiger partial charge in [-0.1, -0.05) is 11.6 Å². The number of ether oxygens (including phenoxy) is 1. The molecule has 1 saturated heterocycles. The molecule has 1 aliphatic heterocycles. The van der Waals surface area contributed by atoms with Gasteiger partial charge < -0.3 is 20.7 Å². The summed E-state index contributed by atoms with van der Waals surface area (Å²) in [5.74, 6) is -0.502. The summed E-state index contributed by atoms with van der Waals surface area (Å²) >= 11 is 5.67. The zero-order chi connectivity index (χ0) is 15.4. The minimum Gasteiger partial charge on any atom is -0.450 e. The van der Waals surface area contributed by atoms with Crippen molar-refractivity contribution in [2.75, 3.05) is 30.7 Å². The Hall–Kier alpha value is -1.69. The van der Waals surface area contributed by atoms with Crippen molar-refractivity contribution in [3.05, 3.63) is 23.0 Å². The minimum absolute atomic E-state index is 0.00943. The molecule has 5 nitrogen and oxygen atoms in total. The summed E-state index contributed by atoms with van der Waals surface area (Å²) in [7, 11) is 0. The fourth-order valence-corrected chi connectivity index (χ4v) is 2.50. The summed E-state index contributed by atoms with van der Waals surface area (Å²) in [6.45, 7) is 3.36. The van der Waals surface area contributed by atoms with E-state index in [4.69, 9.17) is 22.1 Å². The molecule has 116 valence electrons. The van der Waals surface area contributed by atoms with Crippen molar-refractivity contribution in [3.63, 3.8) is 0 Å². The summed E-state index contributed by atoms with van der Waals surface area (Å²) in [4.78, 5) is 13.3. The quantitative estimate of drug-likeness (QED) is 0.841. The molecule has 21 heavy (non-hydrogen) atoms. The first-order chi connectivity index (χ1) is 10.0. The molecule has 1 heterocycles. The molecule has 2 rings (SSSR count). The fourth-order valence-electron chi connectivity index (χ4n) is 2.33. The Bertz CT molecular complexity index is 519. The zero-order valence-corrected chi connectivity index (χ0v) is 12.6. The number of nitrogens with two attached hydrogens (primary N) is 1. The van der Waals surface area contributed by atoms with Crippen molar-refractivity contribution < 1.29 is 13.9 Å². The SMILES string of the molecule is CCOC(=O)N1CCC(Nc2cc(F)c(Cl)cc2N)CC1. The average molecular weight is 316 g/mol. The number of amides is 1. The van der Waals surface area contributed by atoms with Gasteiger partial charge >= 0.3 is 6.09 Å². The maximum atomic E-state index is 13.5. The molecule has 0 unspecified atom stereocenters. The van der Waals surface area contributed by atoms with Crippen LogP contribution in [0.4, 0.5) is 20.6 Å². The Kier molecular flexibility index (Phi) is 5.12. The van der Waals surface area contributed by atoms with Crippen molar-refractivity contribution in [2.45, 2.75) is 25.8 Å². The van der Waals surface area contributed by atoms with Gasteiger partial charge in [0.2, 0.25) is 0 Å². The highest BCUT2D eigenvalue weighted by Crippen LogP contribution is 2.28. The van der Waals surface area contributed by atoms with Gasteiger partial charge in [-0.15, -0.1) is 0 Å². The molecular formula is C14H19ClFN3O2. The summed E-state index contributed by atoms with van der Waals surface area (Å²) in [5.41, 5.74) is 6.77. The Morgan fingerprint density at radius 1 is 1.52 bits per heavy atom. The summed E-state index contributed by atoms with van der Waals surface area (Å²) in [6, 6.07) is 2.83. The summed E-state index contributed by atoms with van der Waals surface area (Å²) < 4.78 is 18.4. The van der Waals surface area contributed by atoms with Crippen LogP contribution < -0.4 is 11.1 Å². The molecule has 1 aliphatic rings. The van der Waals surface area contributed by atoms with E-state index >= 15 is 0 Å². The Balaban J connectivity index is 1.92. The second kappa shape index (κ2) is 6.85. The molecule has 7 heteroatoms. The lowest BCUT2D eigenvalue weighted by Crippen LogP contribution is -2.42. The van der Waals surface area contributed by atoms with Crippen LogP contribution in [0.5, 0.6) is 0 Å². The molecule has 3 N–H and O–H groups in total. The highest BCUT2D eigenvalue weighted by atomic mass is 35.5. The van der Waals surface area contributed by atoms with E-state index in [9.17, 15) is 9.18 Å². The molecule has 0 radical (unpaired) electrons. The zero-order valence-electron chi connectivity index (χ0n) is 11.9. The third-order valence-electron chi connectivity index (χ3n) is 3.47. The van der Waals surface area contributed by atoms with Crippen molar-refractivity contribution >= 4 is 29.1 Å². The minimum atomic E-state index is -0.502. The molecule has 1 aromatic rings. The third kappa shape index (κ3) is 3.91. The third-order valence-corrected chi connectivity index (χ3v) is 3.76. The Morgan fingerprint density at radius 3 is 2.81 bits per heavy atom. The number of anilines is 2. The number of hydrogen-bond donors (Lipinski definition) is 2. The maximum Gasteiger partial charge on any atom is 0.409 e. The molecule has 0 saturated carbocycles. The predicted octanol–water partition coefficient (Wildman–Crippen LogP) is 3.09. The largest absolute Gasteiger partial charge is 0.450 e. The van der Waals surface area contributed by atoms with Gasteiger partial charge in [-0.05, 0) is 25.8 Å². The van der Waals surface area contributed by atoms with Crippen LogP contribution in [0.3, 0.4) is 0 Å². The van der Waals surface area contributed by atoms with Crippen LogP contribution in [0, 0.1) is 5.82 Å². The molecule has 0 atom stereocenters. The summed E-state index contributed by atoms with van der Waals surface area (Å²) in [5, 5.41) is 3.22. The maximum absolute atomic E-state index is 13.5. The highest BCUT2D eigenvalue weighted by molar-refractivity contribution is 6.31. The molecule has 0 aliphatic carbocycles. The molecular weight excluding hydrogens is 297 g/mol. The Morgan fingerprint density at radius 2 is 2.19 bits per heavy atom. The van der Waals surface area contributed by atoms with E-state index in [0.29, 0.717) is 31.1 Å². The van der Waals surface area contributed by atoms with Crippen LogP contribution >= 0.6 is 11.6 Å². The number of nitrogens with zero attached hydrogens (tertiary/aromatic N) is 1. The monoisotopic (exact) mass is 315 g/mol. The first-order valence-corrected chi connectivity index (χ1v) is 7.31. The van der Waals surface area contributed by atoms with Crippen LogP contribution in [0.25, 0.3) is 0 Å². The van der Waals surface area contributed by atoms with E-state index in [1.165, 1.54) is 12.1 Å². The van der Waals surface area contributed by atoms with Gasteiger partial charge in [0.15, 0.2) is 0 Å². The van der Waals surface area contributed by atoms with E-state index < -0.39 is 5.82 Å². The average Bonchev–Trinajstić information content (AvgIpc) is 2.46. The van der Waals surface area contributed by atoms with Crippen molar-refractivity contribution in [3.8, 4) is 0 Å². The van der Waals surface area contributed by atoms with Crippen LogP contribution in [-0.2, 0) is 4.74 Å². The van der Waals surface area contributed by atoms with Crippen molar-refractivity contribution in [2.24, 2.45) is 0 Å². The number of carbonyl (C=O) groups excluding carboxylic acids is 1. The van der Waals surface area contributed by atoms with Gasteiger partial charge in [-0.3, -0.25) is 0 Å². The topological polar surface area (TPSA) is 67.6 Å². The van der Waals surface area contributed by atoms with Gasteiger partial charge in [0, 0.05) is 25.2 Å². The standard InChI is InChI=1S/C14H19ClFN3O2/c1-2-21-14(20)19-5-3-9(4-6-19)18-13-8-11(16)10(15)7-12(13)17/h7-9,18H,2-6,17H2,1H3. The van der Waals surface area contributed by atoms with E-state index in [2.05, 4.69) is 5.32 Å². The van der Waals surface area contributed by atoms with E-state index in [1.807, 2.05) is 0 Å². The van der Waals surface area contributed by atoms with Gasteiger partial charge in [0.25, 0.3) is 0 Å². The second-order valence-corrected chi connectivity index (χ2v) is 5.37.